The Labute approximate surface area is 148 Å². The molecule has 21 heavy (non-hydrogen) atoms. The Morgan fingerprint density at radius 1 is 0.952 bits per heavy atom. The maximum Gasteiger partial charge on any atom is 0.0697 e. The van der Waals surface area contributed by atoms with E-state index in [1.807, 2.05) is 0 Å². The number of rotatable bonds is 9. The Morgan fingerprint density at radius 2 is 1.48 bits per heavy atom. The van der Waals surface area contributed by atoms with Crippen LogP contribution >= 0.6 is 31.9 Å². The summed E-state index contributed by atoms with van der Waals surface area (Å²) in [7, 11) is 0. The molecular weight excluding hydrogens is 392 g/mol. The average molecular weight is 426 g/mol. The molecule has 0 unspecified atom stereocenters. The molecule has 0 bridgehead atoms. The van der Waals surface area contributed by atoms with Gasteiger partial charge in [0.05, 0.1) is 3.74 Å². The zero-order chi connectivity index (χ0) is 15.9. The number of hydrogen-bond donors (Lipinski definition) is 2. The van der Waals surface area contributed by atoms with Crippen LogP contribution < -0.4 is 10.6 Å². The molecular formula is C17H34Br2N2. The summed E-state index contributed by atoms with van der Waals surface area (Å²) < 4.78 is 0.498. The van der Waals surface area contributed by atoms with Crippen molar-refractivity contribution in [3.05, 3.63) is 0 Å². The second-order valence-electron chi connectivity index (χ2n) is 7.90. The van der Waals surface area contributed by atoms with Crippen LogP contribution in [0.15, 0.2) is 0 Å². The average Bonchev–Trinajstić information content (AvgIpc) is 2.28. The maximum absolute atomic E-state index is 3.79. The predicted octanol–water partition coefficient (Wildman–Crippen LogP) is 5.34. The quantitative estimate of drug-likeness (QED) is 0.384. The molecule has 0 radical (unpaired) electrons. The van der Waals surface area contributed by atoms with E-state index in [1.165, 1.54) is 57.9 Å². The molecule has 0 aliphatic carbocycles. The van der Waals surface area contributed by atoms with Gasteiger partial charge in [-0.15, -0.1) is 0 Å². The van der Waals surface area contributed by atoms with Crippen molar-refractivity contribution in [2.75, 3.05) is 6.54 Å². The summed E-state index contributed by atoms with van der Waals surface area (Å²) in [6.45, 7) is 10.5. The maximum atomic E-state index is 3.79. The molecule has 1 heterocycles. The Morgan fingerprint density at radius 3 is 2.05 bits per heavy atom. The molecule has 4 heteroatoms. The number of halogens is 2. The molecule has 0 atom stereocenters. The number of nitrogens with one attached hydrogen (secondary N) is 2. The summed E-state index contributed by atoms with van der Waals surface area (Å²) in [6, 6.07) is 0.666. The van der Waals surface area contributed by atoms with Crippen molar-refractivity contribution in [2.45, 2.75) is 99.9 Å². The number of hydrogen-bond acceptors (Lipinski definition) is 2. The zero-order valence-electron chi connectivity index (χ0n) is 14.3. The molecule has 0 aromatic carbocycles. The van der Waals surface area contributed by atoms with Crippen LogP contribution in [0.2, 0.25) is 0 Å². The van der Waals surface area contributed by atoms with Crippen molar-refractivity contribution in [1.82, 2.24) is 10.6 Å². The predicted molar refractivity (Wildman–Crippen MR) is 102 cm³/mol. The highest BCUT2D eigenvalue weighted by Crippen LogP contribution is 2.28. The molecule has 2 N–H and O–H groups in total. The monoisotopic (exact) mass is 424 g/mol. The van der Waals surface area contributed by atoms with Crippen molar-refractivity contribution >= 4 is 31.9 Å². The van der Waals surface area contributed by atoms with Crippen LogP contribution in [0, 0.1) is 0 Å². The summed E-state index contributed by atoms with van der Waals surface area (Å²) in [5.41, 5.74) is 0.503. The Balaban J connectivity index is 2.07. The molecule has 1 aliphatic rings. The van der Waals surface area contributed by atoms with Gasteiger partial charge in [0.1, 0.15) is 0 Å². The smallest absolute Gasteiger partial charge is 0.0697 e. The summed E-state index contributed by atoms with van der Waals surface area (Å²) in [6.07, 6.45) is 10.4. The van der Waals surface area contributed by atoms with E-state index in [4.69, 9.17) is 0 Å². The Bertz CT molecular complexity index is 275. The third-order valence-corrected chi connectivity index (χ3v) is 5.14. The summed E-state index contributed by atoms with van der Waals surface area (Å²) in [5, 5.41) is 7.54. The molecule has 1 rings (SSSR count). The molecule has 0 saturated carbocycles. The lowest BCUT2D eigenvalue weighted by Gasteiger charge is -2.46. The van der Waals surface area contributed by atoms with Crippen LogP contribution in [-0.2, 0) is 0 Å². The highest BCUT2D eigenvalue weighted by molar-refractivity contribution is 9.24. The number of alkyl halides is 2. The first-order valence-corrected chi connectivity index (χ1v) is 10.3. The van der Waals surface area contributed by atoms with Gasteiger partial charge in [0.25, 0.3) is 0 Å². The van der Waals surface area contributed by atoms with Crippen LogP contribution in [0.5, 0.6) is 0 Å². The van der Waals surface area contributed by atoms with E-state index in [0.717, 1.165) is 0 Å². The minimum atomic E-state index is 0.251. The van der Waals surface area contributed by atoms with Crippen LogP contribution in [0.3, 0.4) is 0 Å². The second-order valence-corrected chi connectivity index (χ2v) is 11.3. The second kappa shape index (κ2) is 9.24. The van der Waals surface area contributed by atoms with E-state index in [0.29, 0.717) is 9.78 Å². The third-order valence-electron chi connectivity index (χ3n) is 4.22. The van der Waals surface area contributed by atoms with Crippen molar-refractivity contribution in [3.8, 4) is 0 Å². The van der Waals surface area contributed by atoms with Crippen molar-refractivity contribution < 1.29 is 0 Å². The van der Waals surface area contributed by atoms with Crippen LogP contribution in [0.4, 0.5) is 0 Å². The first-order chi connectivity index (χ1) is 9.70. The lowest BCUT2D eigenvalue weighted by Crippen LogP contribution is -2.61. The largest absolute Gasteiger partial charge is 0.314 e. The minimum Gasteiger partial charge on any atom is -0.314 e. The van der Waals surface area contributed by atoms with Crippen molar-refractivity contribution in [2.24, 2.45) is 0 Å². The Hall–Kier alpha value is 0.880. The fraction of sp³-hybridized carbons (Fsp3) is 1.00. The third kappa shape index (κ3) is 9.58. The SMILES string of the molecule is CC1(C)CC(NCCCCCCCC(Br)Br)CC(C)(C)N1. The van der Waals surface area contributed by atoms with Gasteiger partial charge in [-0.2, -0.15) is 0 Å². The Kier molecular flexibility index (Phi) is 8.77. The molecule has 2 nitrogen and oxygen atoms in total. The van der Waals surface area contributed by atoms with E-state index < -0.39 is 0 Å². The molecule has 0 aromatic heterocycles. The highest BCUT2D eigenvalue weighted by atomic mass is 79.9. The van der Waals surface area contributed by atoms with Gasteiger partial charge in [0, 0.05) is 17.1 Å². The van der Waals surface area contributed by atoms with Gasteiger partial charge in [0.15, 0.2) is 0 Å². The van der Waals surface area contributed by atoms with Gasteiger partial charge in [-0.25, -0.2) is 0 Å². The van der Waals surface area contributed by atoms with Crippen LogP contribution in [0.1, 0.15) is 79.1 Å². The fourth-order valence-corrected chi connectivity index (χ4v) is 4.37. The van der Waals surface area contributed by atoms with Gasteiger partial charge in [0.2, 0.25) is 0 Å². The molecule has 0 amide bonds. The lowest BCUT2D eigenvalue weighted by atomic mass is 9.79. The summed E-state index contributed by atoms with van der Waals surface area (Å²) in [4.78, 5) is 0. The standard InChI is InChI=1S/C17H34Br2N2/c1-16(2)12-14(13-17(3,4)21-16)20-11-9-7-5-6-8-10-15(18)19/h14-15,20-21H,5-13H2,1-4H3. The zero-order valence-corrected chi connectivity index (χ0v) is 17.4. The lowest BCUT2D eigenvalue weighted by molar-refractivity contribution is 0.146. The van der Waals surface area contributed by atoms with E-state index in [9.17, 15) is 0 Å². The molecule has 126 valence electrons. The van der Waals surface area contributed by atoms with E-state index in [-0.39, 0.29) is 11.1 Å². The molecule has 0 spiro atoms. The molecule has 0 aromatic rings. The first-order valence-electron chi connectivity index (χ1n) is 8.51. The van der Waals surface area contributed by atoms with Crippen molar-refractivity contribution in [3.63, 3.8) is 0 Å². The normalized spacial score (nSPS) is 21.9. The van der Waals surface area contributed by atoms with Gasteiger partial charge in [-0.1, -0.05) is 57.5 Å². The highest BCUT2D eigenvalue weighted by Gasteiger charge is 2.37. The summed E-state index contributed by atoms with van der Waals surface area (Å²) >= 11 is 7.06. The van der Waals surface area contributed by atoms with Gasteiger partial charge < -0.3 is 10.6 Å². The molecule has 1 aliphatic heterocycles. The molecule has 1 saturated heterocycles. The molecule has 1 fully saturated rings. The first kappa shape index (κ1) is 19.9. The van der Waals surface area contributed by atoms with Gasteiger partial charge in [-0.3, -0.25) is 0 Å². The van der Waals surface area contributed by atoms with Gasteiger partial charge in [-0.05, 0) is 59.9 Å². The van der Waals surface area contributed by atoms with Crippen LogP contribution in [-0.4, -0.2) is 27.4 Å². The van der Waals surface area contributed by atoms with Gasteiger partial charge >= 0.3 is 0 Å². The van der Waals surface area contributed by atoms with E-state index in [1.54, 1.807) is 0 Å². The fourth-order valence-electron chi connectivity index (χ4n) is 3.73. The number of unbranched alkanes of at least 4 members (excludes halogenated alkanes) is 4. The van der Waals surface area contributed by atoms with Crippen LogP contribution in [0.25, 0.3) is 0 Å². The van der Waals surface area contributed by atoms with E-state index in [2.05, 4.69) is 70.2 Å². The topological polar surface area (TPSA) is 24.1 Å². The number of piperidine rings is 1. The minimum absolute atomic E-state index is 0.251. The van der Waals surface area contributed by atoms with E-state index >= 15 is 0 Å². The summed E-state index contributed by atoms with van der Waals surface area (Å²) in [5.74, 6) is 0. The van der Waals surface area contributed by atoms with Crippen molar-refractivity contribution in [1.29, 1.82) is 0 Å².